The summed E-state index contributed by atoms with van der Waals surface area (Å²) in [5, 5.41) is 16.1. The first-order valence-corrected chi connectivity index (χ1v) is 12.9. The molecule has 1 aliphatic heterocycles. The van der Waals surface area contributed by atoms with Gasteiger partial charge in [0.05, 0.1) is 17.4 Å². The molecule has 3 N–H and O–H groups in total. The number of carbonyl (C=O) groups is 3. The number of aliphatic carboxylic acids is 1. The summed E-state index contributed by atoms with van der Waals surface area (Å²) < 4.78 is 0. The van der Waals surface area contributed by atoms with E-state index in [1.54, 1.807) is 24.3 Å². The van der Waals surface area contributed by atoms with Crippen molar-refractivity contribution in [1.82, 2.24) is 0 Å². The maximum absolute atomic E-state index is 13.5. The number of allylic oxidation sites excluding steroid dienone is 2. The van der Waals surface area contributed by atoms with Gasteiger partial charge in [0.1, 0.15) is 0 Å². The molecular formula is C28H30ClN3O4. The SMILES string of the molecule is Cc1ccc(Cl)cc1NC(=O)c1cc(NC(=O)[C@@H]2[C@@H](C(=O)O)[C@H]3C=C[C@H]2C3)ccc1N1CCCCC1. The van der Waals surface area contributed by atoms with Gasteiger partial charge in [-0.3, -0.25) is 14.4 Å². The molecule has 2 aromatic carbocycles. The van der Waals surface area contributed by atoms with Crippen LogP contribution in [0.2, 0.25) is 5.02 Å². The minimum absolute atomic E-state index is 0.0719. The van der Waals surface area contributed by atoms with E-state index in [-0.39, 0.29) is 23.7 Å². The summed E-state index contributed by atoms with van der Waals surface area (Å²) in [6.07, 6.45) is 7.84. The highest BCUT2D eigenvalue weighted by Gasteiger charge is 2.51. The van der Waals surface area contributed by atoms with Gasteiger partial charge in [-0.15, -0.1) is 0 Å². The number of hydrogen-bond acceptors (Lipinski definition) is 4. The number of anilines is 3. The lowest BCUT2D eigenvalue weighted by atomic mass is 9.82. The topological polar surface area (TPSA) is 98.7 Å². The van der Waals surface area contributed by atoms with Crippen LogP contribution in [0.15, 0.2) is 48.6 Å². The molecule has 8 heteroatoms. The van der Waals surface area contributed by atoms with Crippen molar-refractivity contribution in [2.45, 2.75) is 32.6 Å². The smallest absolute Gasteiger partial charge is 0.307 e. The van der Waals surface area contributed by atoms with Crippen LogP contribution in [0.25, 0.3) is 0 Å². The molecule has 1 saturated heterocycles. The zero-order valence-corrected chi connectivity index (χ0v) is 20.9. The van der Waals surface area contributed by atoms with Crippen LogP contribution in [-0.2, 0) is 9.59 Å². The zero-order valence-electron chi connectivity index (χ0n) is 20.2. The van der Waals surface area contributed by atoms with Gasteiger partial charge in [0.15, 0.2) is 0 Å². The molecule has 0 radical (unpaired) electrons. The molecule has 2 bridgehead atoms. The minimum Gasteiger partial charge on any atom is -0.481 e. The summed E-state index contributed by atoms with van der Waals surface area (Å²) in [4.78, 5) is 40.8. The summed E-state index contributed by atoms with van der Waals surface area (Å²) >= 11 is 6.15. The van der Waals surface area contributed by atoms with E-state index in [1.165, 1.54) is 0 Å². The van der Waals surface area contributed by atoms with Crippen molar-refractivity contribution in [2.75, 3.05) is 28.6 Å². The third kappa shape index (κ3) is 4.72. The van der Waals surface area contributed by atoms with Gasteiger partial charge in [0, 0.05) is 35.2 Å². The van der Waals surface area contributed by atoms with Gasteiger partial charge in [0.25, 0.3) is 5.91 Å². The molecule has 0 aromatic heterocycles. The number of benzene rings is 2. The molecule has 7 nitrogen and oxygen atoms in total. The number of aryl methyl sites for hydroxylation is 1. The van der Waals surface area contributed by atoms with Crippen molar-refractivity contribution in [3.8, 4) is 0 Å². The van der Waals surface area contributed by atoms with Crippen molar-refractivity contribution in [1.29, 1.82) is 0 Å². The van der Waals surface area contributed by atoms with E-state index >= 15 is 0 Å². The molecule has 1 heterocycles. The summed E-state index contributed by atoms with van der Waals surface area (Å²) in [7, 11) is 0. The monoisotopic (exact) mass is 507 g/mol. The number of carboxylic acids is 1. The fraction of sp³-hybridized carbons (Fsp3) is 0.393. The Labute approximate surface area is 215 Å². The van der Waals surface area contributed by atoms with Crippen LogP contribution in [0.3, 0.4) is 0 Å². The second kappa shape index (κ2) is 9.97. The quantitative estimate of drug-likeness (QED) is 0.458. The molecular weight excluding hydrogens is 478 g/mol. The van der Waals surface area contributed by atoms with Crippen molar-refractivity contribution < 1.29 is 19.5 Å². The average Bonchev–Trinajstić information content (AvgIpc) is 3.49. The molecule has 2 aliphatic carbocycles. The molecule has 2 aromatic rings. The second-order valence-electron chi connectivity index (χ2n) is 10.0. The Balaban J connectivity index is 1.43. The largest absolute Gasteiger partial charge is 0.481 e. The number of carboxylic acid groups (broad SMARTS) is 1. The first-order chi connectivity index (χ1) is 17.3. The highest BCUT2D eigenvalue weighted by molar-refractivity contribution is 6.31. The van der Waals surface area contributed by atoms with Crippen LogP contribution in [0.4, 0.5) is 17.1 Å². The van der Waals surface area contributed by atoms with Gasteiger partial charge >= 0.3 is 5.97 Å². The molecule has 5 rings (SSSR count). The summed E-state index contributed by atoms with van der Waals surface area (Å²) in [5.41, 5.74) is 3.27. The number of rotatable bonds is 6. The highest BCUT2D eigenvalue weighted by Crippen LogP contribution is 2.48. The Morgan fingerprint density at radius 1 is 0.944 bits per heavy atom. The molecule has 3 aliphatic rings. The Morgan fingerprint density at radius 2 is 1.67 bits per heavy atom. The van der Waals surface area contributed by atoms with Crippen molar-refractivity contribution >= 4 is 46.4 Å². The van der Waals surface area contributed by atoms with Crippen LogP contribution in [0.5, 0.6) is 0 Å². The first-order valence-electron chi connectivity index (χ1n) is 12.5. The number of halogens is 1. The summed E-state index contributed by atoms with van der Waals surface area (Å²) in [5.74, 6) is -3.06. The van der Waals surface area contributed by atoms with E-state index in [4.69, 9.17) is 11.6 Å². The van der Waals surface area contributed by atoms with E-state index in [2.05, 4.69) is 15.5 Å². The standard InChI is InChI=1S/C28H30ClN3O4/c1-16-5-8-19(29)14-22(16)31-26(33)21-15-20(9-10-23(21)32-11-3-2-4-12-32)30-27(34)24-17-6-7-18(13-17)25(24)28(35)36/h5-10,14-15,17-18,24-25H,2-4,11-13H2,1H3,(H,30,34)(H,31,33)(H,35,36)/t17-,18-,24-,25-/m0/s1. The lowest BCUT2D eigenvalue weighted by molar-refractivity contribution is -0.146. The first kappa shape index (κ1) is 24.4. The Morgan fingerprint density at radius 3 is 2.39 bits per heavy atom. The molecule has 36 heavy (non-hydrogen) atoms. The zero-order chi connectivity index (χ0) is 25.4. The van der Waals surface area contributed by atoms with Crippen molar-refractivity contribution in [3.05, 3.63) is 64.7 Å². The molecule has 188 valence electrons. The Hall–Kier alpha value is -3.32. The van der Waals surface area contributed by atoms with Gasteiger partial charge < -0.3 is 20.6 Å². The highest BCUT2D eigenvalue weighted by atomic mass is 35.5. The molecule has 2 amide bonds. The molecule has 0 spiro atoms. The number of fused-ring (bicyclic) bond motifs is 2. The minimum atomic E-state index is -0.940. The normalized spacial score (nSPS) is 24.6. The third-order valence-corrected chi connectivity index (χ3v) is 7.94. The second-order valence-corrected chi connectivity index (χ2v) is 10.5. The van der Waals surface area contributed by atoms with Crippen molar-refractivity contribution in [3.63, 3.8) is 0 Å². The van der Waals surface area contributed by atoms with E-state index in [9.17, 15) is 19.5 Å². The maximum Gasteiger partial charge on any atom is 0.307 e. The van der Waals surface area contributed by atoms with Gasteiger partial charge in [-0.1, -0.05) is 29.8 Å². The van der Waals surface area contributed by atoms with Gasteiger partial charge in [-0.05, 0) is 80.3 Å². The number of piperidine rings is 1. The van der Waals surface area contributed by atoms with Gasteiger partial charge in [-0.25, -0.2) is 0 Å². The van der Waals surface area contributed by atoms with Crippen LogP contribution < -0.4 is 15.5 Å². The van der Waals surface area contributed by atoms with Crippen LogP contribution >= 0.6 is 11.6 Å². The number of hydrogen-bond donors (Lipinski definition) is 3. The molecule has 1 saturated carbocycles. The maximum atomic E-state index is 13.5. The fourth-order valence-corrected chi connectivity index (χ4v) is 6.04. The summed E-state index contributed by atoms with van der Waals surface area (Å²) in [6.45, 7) is 3.62. The average molecular weight is 508 g/mol. The van der Waals surface area contributed by atoms with Gasteiger partial charge in [0.2, 0.25) is 5.91 Å². The number of nitrogens with one attached hydrogen (secondary N) is 2. The third-order valence-electron chi connectivity index (χ3n) is 7.70. The van der Waals surface area contributed by atoms with E-state index in [0.717, 1.165) is 43.6 Å². The van der Waals surface area contributed by atoms with E-state index in [0.29, 0.717) is 28.4 Å². The Kier molecular flexibility index (Phi) is 6.75. The predicted molar refractivity (Wildman–Crippen MR) is 141 cm³/mol. The lowest BCUT2D eigenvalue weighted by Gasteiger charge is -2.31. The van der Waals surface area contributed by atoms with Crippen molar-refractivity contribution in [2.24, 2.45) is 23.7 Å². The van der Waals surface area contributed by atoms with Crippen LogP contribution in [-0.4, -0.2) is 36.0 Å². The molecule has 4 atom stereocenters. The van der Waals surface area contributed by atoms with Crippen LogP contribution in [0, 0.1) is 30.6 Å². The predicted octanol–water partition coefficient (Wildman–Crippen LogP) is 5.35. The fourth-order valence-electron chi connectivity index (χ4n) is 5.87. The summed E-state index contributed by atoms with van der Waals surface area (Å²) in [6, 6.07) is 10.7. The van der Waals surface area contributed by atoms with E-state index in [1.807, 2.05) is 31.2 Å². The lowest BCUT2D eigenvalue weighted by Crippen LogP contribution is -2.36. The van der Waals surface area contributed by atoms with E-state index < -0.39 is 17.8 Å². The van der Waals surface area contributed by atoms with Crippen LogP contribution in [0.1, 0.15) is 41.6 Å². The Bertz CT molecular complexity index is 1240. The van der Waals surface area contributed by atoms with Gasteiger partial charge in [-0.2, -0.15) is 0 Å². The number of amides is 2. The number of nitrogens with zero attached hydrogens (tertiary/aromatic N) is 1. The molecule has 0 unspecified atom stereocenters. The molecule has 2 fully saturated rings. The number of carbonyl (C=O) groups excluding carboxylic acids is 2.